The summed E-state index contributed by atoms with van der Waals surface area (Å²) >= 11 is 0. The van der Waals surface area contributed by atoms with Gasteiger partial charge in [-0.15, -0.1) is 0 Å². The van der Waals surface area contributed by atoms with Crippen molar-refractivity contribution in [2.75, 3.05) is 5.32 Å². The molecule has 0 radical (unpaired) electrons. The SMILES string of the molecule is c1n[nH]c(CNc2ncc[nH]2)n1. The van der Waals surface area contributed by atoms with Gasteiger partial charge in [-0.2, -0.15) is 5.10 Å². The lowest BCUT2D eigenvalue weighted by Crippen LogP contribution is -2.02. The van der Waals surface area contributed by atoms with Crippen LogP contribution in [0.5, 0.6) is 0 Å². The second kappa shape index (κ2) is 3.04. The Hall–Kier alpha value is -1.85. The van der Waals surface area contributed by atoms with Crippen molar-refractivity contribution < 1.29 is 0 Å². The highest BCUT2D eigenvalue weighted by atomic mass is 15.2. The van der Waals surface area contributed by atoms with Crippen LogP contribution in [0.1, 0.15) is 5.82 Å². The Morgan fingerprint density at radius 3 is 3.08 bits per heavy atom. The monoisotopic (exact) mass is 164 g/mol. The van der Waals surface area contributed by atoms with Crippen molar-refractivity contribution in [1.82, 2.24) is 25.1 Å². The summed E-state index contributed by atoms with van der Waals surface area (Å²) in [6.45, 7) is 0.591. The van der Waals surface area contributed by atoms with E-state index in [9.17, 15) is 0 Å². The van der Waals surface area contributed by atoms with Crippen LogP contribution in [0, 0.1) is 0 Å². The minimum Gasteiger partial charge on any atom is -0.349 e. The van der Waals surface area contributed by atoms with Crippen LogP contribution in [0.2, 0.25) is 0 Å². The zero-order valence-electron chi connectivity index (χ0n) is 6.28. The molecule has 2 aromatic heterocycles. The molecule has 0 saturated carbocycles. The van der Waals surface area contributed by atoms with Gasteiger partial charge in [0.2, 0.25) is 0 Å². The molecular weight excluding hydrogens is 156 g/mol. The van der Waals surface area contributed by atoms with E-state index in [1.807, 2.05) is 0 Å². The van der Waals surface area contributed by atoms with Crippen molar-refractivity contribution in [1.29, 1.82) is 0 Å². The molecule has 2 rings (SSSR count). The molecule has 0 bridgehead atoms. The fourth-order valence-electron chi connectivity index (χ4n) is 0.845. The summed E-state index contributed by atoms with van der Waals surface area (Å²) < 4.78 is 0. The Morgan fingerprint density at radius 2 is 2.42 bits per heavy atom. The van der Waals surface area contributed by atoms with Crippen molar-refractivity contribution in [3.63, 3.8) is 0 Å². The fraction of sp³-hybridized carbons (Fsp3) is 0.167. The highest BCUT2D eigenvalue weighted by Crippen LogP contribution is 1.96. The Labute approximate surface area is 68.4 Å². The van der Waals surface area contributed by atoms with Gasteiger partial charge in [0.25, 0.3) is 0 Å². The van der Waals surface area contributed by atoms with E-state index in [-0.39, 0.29) is 0 Å². The Kier molecular flexibility index (Phi) is 1.73. The number of aromatic amines is 2. The lowest BCUT2D eigenvalue weighted by Gasteiger charge is -1.97. The van der Waals surface area contributed by atoms with Crippen LogP contribution in [0.25, 0.3) is 0 Å². The van der Waals surface area contributed by atoms with Gasteiger partial charge in [-0.3, -0.25) is 5.10 Å². The predicted molar refractivity (Wildman–Crippen MR) is 42.3 cm³/mol. The number of hydrogen-bond donors (Lipinski definition) is 3. The normalized spacial score (nSPS) is 10.0. The molecule has 2 heterocycles. The number of H-pyrrole nitrogens is 2. The Morgan fingerprint density at radius 1 is 1.42 bits per heavy atom. The summed E-state index contributed by atoms with van der Waals surface area (Å²) in [5, 5.41) is 9.48. The van der Waals surface area contributed by atoms with E-state index in [4.69, 9.17) is 0 Å². The van der Waals surface area contributed by atoms with Crippen molar-refractivity contribution >= 4 is 5.95 Å². The largest absolute Gasteiger partial charge is 0.349 e. The summed E-state index contributed by atoms with van der Waals surface area (Å²) in [6.07, 6.45) is 4.91. The number of nitrogens with one attached hydrogen (secondary N) is 3. The zero-order chi connectivity index (χ0) is 8.23. The highest BCUT2D eigenvalue weighted by molar-refractivity contribution is 5.22. The molecule has 0 spiro atoms. The van der Waals surface area contributed by atoms with Crippen LogP contribution in [-0.2, 0) is 6.54 Å². The molecule has 0 unspecified atom stereocenters. The van der Waals surface area contributed by atoms with E-state index >= 15 is 0 Å². The maximum absolute atomic E-state index is 3.99. The van der Waals surface area contributed by atoms with E-state index < -0.39 is 0 Å². The third-order valence-electron chi connectivity index (χ3n) is 1.39. The molecule has 0 aromatic carbocycles. The predicted octanol–water partition coefficient (Wildman–Crippen LogP) is 0.140. The van der Waals surface area contributed by atoms with Crippen LogP contribution < -0.4 is 5.32 Å². The number of imidazole rings is 1. The first-order valence-corrected chi connectivity index (χ1v) is 3.52. The van der Waals surface area contributed by atoms with Crippen LogP contribution in [-0.4, -0.2) is 25.1 Å². The second-order valence-corrected chi connectivity index (χ2v) is 2.22. The van der Waals surface area contributed by atoms with Crippen molar-refractivity contribution in [3.05, 3.63) is 24.5 Å². The van der Waals surface area contributed by atoms with Crippen molar-refractivity contribution in [3.8, 4) is 0 Å². The molecule has 3 N–H and O–H groups in total. The number of anilines is 1. The number of nitrogens with zero attached hydrogens (tertiary/aromatic N) is 3. The molecule has 0 aliphatic heterocycles. The first-order chi connectivity index (χ1) is 5.95. The van der Waals surface area contributed by atoms with Gasteiger partial charge in [0, 0.05) is 12.4 Å². The van der Waals surface area contributed by atoms with Gasteiger partial charge in [-0.1, -0.05) is 0 Å². The van der Waals surface area contributed by atoms with Crippen LogP contribution in [0.3, 0.4) is 0 Å². The van der Waals surface area contributed by atoms with E-state index in [0.29, 0.717) is 6.54 Å². The highest BCUT2D eigenvalue weighted by Gasteiger charge is 1.95. The summed E-state index contributed by atoms with van der Waals surface area (Å²) in [7, 11) is 0. The number of hydrogen-bond acceptors (Lipinski definition) is 4. The van der Waals surface area contributed by atoms with Gasteiger partial charge < -0.3 is 10.3 Å². The molecule has 0 atom stereocenters. The molecule has 0 fully saturated rings. The van der Waals surface area contributed by atoms with E-state index in [1.165, 1.54) is 6.33 Å². The van der Waals surface area contributed by atoms with Crippen LogP contribution >= 0.6 is 0 Å². The smallest absolute Gasteiger partial charge is 0.200 e. The third-order valence-corrected chi connectivity index (χ3v) is 1.39. The summed E-state index contributed by atoms with van der Waals surface area (Å²) in [4.78, 5) is 10.8. The number of rotatable bonds is 3. The van der Waals surface area contributed by atoms with E-state index in [2.05, 4.69) is 30.5 Å². The average molecular weight is 164 g/mol. The van der Waals surface area contributed by atoms with Crippen LogP contribution in [0.4, 0.5) is 5.95 Å². The molecule has 6 nitrogen and oxygen atoms in total. The summed E-state index contributed by atoms with van der Waals surface area (Å²) in [5.74, 6) is 1.51. The Balaban J connectivity index is 1.91. The maximum Gasteiger partial charge on any atom is 0.200 e. The van der Waals surface area contributed by atoms with Gasteiger partial charge in [-0.25, -0.2) is 9.97 Å². The minimum absolute atomic E-state index is 0.591. The molecule has 0 saturated heterocycles. The molecule has 0 aliphatic carbocycles. The van der Waals surface area contributed by atoms with Gasteiger partial charge >= 0.3 is 0 Å². The third kappa shape index (κ3) is 1.42. The molecule has 0 amide bonds. The topological polar surface area (TPSA) is 82.3 Å². The van der Waals surface area contributed by atoms with Gasteiger partial charge in [0.15, 0.2) is 5.95 Å². The standard InChI is InChI=1S/C6H8N6/c1-2-8-6(7-1)9-3-5-10-4-11-12-5/h1-2,4H,3H2,(H2,7,8,9)(H,10,11,12). The van der Waals surface area contributed by atoms with Crippen LogP contribution in [0.15, 0.2) is 18.7 Å². The van der Waals surface area contributed by atoms with Gasteiger partial charge in [-0.05, 0) is 0 Å². The van der Waals surface area contributed by atoms with Crippen molar-refractivity contribution in [2.24, 2.45) is 0 Å². The molecule has 2 aromatic rings. The van der Waals surface area contributed by atoms with E-state index in [0.717, 1.165) is 11.8 Å². The molecule has 6 heteroatoms. The molecule has 0 aliphatic rings. The number of aromatic nitrogens is 5. The average Bonchev–Trinajstić information content (AvgIpc) is 2.74. The zero-order valence-corrected chi connectivity index (χ0v) is 6.28. The summed E-state index contributed by atoms with van der Waals surface area (Å²) in [5.41, 5.74) is 0. The molecule has 62 valence electrons. The van der Waals surface area contributed by atoms with E-state index in [1.54, 1.807) is 12.4 Å². The molecular formula is C6H8N6. The Bertz CT molecular complexity index is 275. The minimum atomic E-state index is 0.591. The molecule has 12 heavy (non-hydrogen) atoms. The quantitative estimate of drug-likeness (QED) is 0.602. The van der Waals surface area contributed by atoms with Gasteiger partial charge in [0.05, 0.1) is 6.54 Å². The summed E-state index contributed by atoms with van der Waals surface area (Å²) in [6, 6.07) is 0. The lowest BCUT2D eigenvalue weighted by molar-refractivity contribution is 0.942. The van der Waals surface area contributed by atoms with Gasteiger partial charge in [0.1, 0.15) is 12.2 Å². The maximum atomic E-state index is 3.99. The first kappa shape index (κ1) is 6.84. The first-order valence-electron chi connectivity index (χ1n) is 3.52. The van der Waals surface area contributed by atoms with Crippen molar-refractivity contribution in [2.45, 2.75) is 6.54 Å². The second-order valence-electron chi connectivity index (χ2n) is 2.22. The fourth-order valence-corrected chi connectivity index (χ4v) is 0.845. The lowest BCUT2D eigenvalue weighted by atomic mass is 10.6.